The van der Waals surface area contributed by atoms with Crippen molar-refractivity contribution >= 4 is 0 Å². The molecule has 1 rings (SSSR count). The number of hydrogen-bond acceptors (Lipinski definition) is 3. The van der Waals surface area contributed by atoms with Gasteiger partial charge in [-0.2, -0.15) is 5.10 Å². The van der Waals surface area contributed by atoms with E-state index < -0.39 is 5.60 Å². The Morgan fingerprint density at radius 3 is 2.62 bits per heavy atom. The van der Waals surface area contributed by atoms with Gasteiger partial charge in [-0.1, -0.05) is 27.2 Å². The molecule has 1 heterocycles. The zero-order valence-electron chi connectivity index (χ0n) is 10.6. The maximum Gasteiger partial charge on any atom is 0.138 e. The molecular weight excluding hydrogens is 202 g/mol. The molecular formula is C12H23N3O. The van der Waals surface area contributed by atoms with Crippen molar-refractivity contribution in [1.82, 2.24) is 14.8 Å². The molecule has 92 valence electrons. The van der Waals surface area contributed by atoms with Crippen molar-refractivity contribution in [3.63, 3.8) is 0 Å². The van der Waals surface area contributed by atoms with Gasteiger partial charge in [0.15, 0.2) is 0 Å². The molecule has 0 saturated heterocycles. The highest BCUT2D eigenvalue weighted by molar-refractivity contribution is 4.94. The smallest absolute Gasteiger partial charge is 0.138 e. The lowest BCUT2D eigenvalue weighted by Gasteiger charge is -2.25. The molecule has 0 aliphatic carbocycles. The third-order valence-corrected chi connectivity index (χ3v) is 2.99. The van der Waals surface area contributed by atoms with Crippen LogP contribution in [0.1, 0.15) is 52.3 Å². The molecule has 0 fully saturated rings. The van der Waals surface area contributed by atoms with Gasteiger partial charge < -0.3 is 5.11 Å². The zero-order chi connectivity index (χ0) is 12.0. The van der Waals surface area contributed by atoms with Gasteiger partial charge in [-0.25, -0.2) is 4.98 Å². The van der Waals surface area contributed by atoms with E-state index in [-0.39, 0.29) is 0 Å². The minimum atomic E-state index is -0.618. The lowest BCUT2D eigenvalue weighted by atomic mass is 9.91. The molecule has 0 saturated carbocycles. The number of nitrogens with zero attached hydrogens (tertiary/aromatic N) is 3. The normalized spacial score (nSPS) is 15.0. The first kappa shape index (κ1) is 13.2. The van der Waals surface area contributed by atoms with Gasteiger partial charge in [0.05, 0.1) is 5.60 Å². The van der Waals surface area contributed by atoms with Crippen LogP contribution in [0.3, 0.4) is 0 Å². The Bertz CT molecular complexity index is 311. The van der Waals surface area contributed by atoms with Gasteiger partial charge in [-0.15, -0.1) is 0 Å². The summed E-state index contributed by atoms with van der Waals surface area (Å²) in [5.41, 5.74) is -0.618. The highest BCUT2D eigenvalue weighted by Gasteiger charge is 2.26. The van der Waals surface area contributed by atoms with Crippen LogP contribution in [0.2, 0.25) is 0 Å². The van der Waals surface area contributed by atoms with Crippen LogP contribution in [0.15, 0.2) is 6.33 Å². The van der Waals surface area contributed by atoms with Crippen LogP contribution in [0.4, 0.5) is 0 Å². The van der Waals surface area contributed by atoms with E-state index in [1.807, 2.05) is 11.6 Å². The summed E-state index contributed by atoms with van der Waals surface area (Å²) < 4.78 is 1.90. The van der Waals surface area contributed by atoms with Crippen molar-refractivity contribution in [1.29, 1.82) is 0 Å². The first-order chi connectivity index (χ1) is 7.65. The molecule has 1 unspecified atom stereocenters. The molecule has 1 aromatic rings. The van der Waals surface area contributed by atoms with E-state index in [1.54, 1.807) is 6.33 Å². The van der Waals surface area contributed by atoms with Gasteiger partial charge in [0.25, 0.3) is 0 Å². The maximum atomic E-state index is 10.4. The fourth-order valence-electron chi connectivity index (χ4n) is 1.97. The topological polar surface area (TPSA) is 50.9 Å². The SMILES string of the molecule is CCCn1ncnc1CC(O)(CC)CCC. The van der Waals surface area contributed by atoms with Crippen molar-refractivity contribution in [3.8, 4) is 0 Å². The van der Waals surface area contributed by atoms with Crippen LogP contribution in [-0.2, 0) is 13.0 Å². The number of rotatable bonds is 7. The number of hydrogen-bond donors (Lipinski definition) is 1. The Morgan fingerprint density at radius 1 is 1.31 bits per heavy atom. The summed E-state index contributed by atoms with van der Waals surface area (Å²) in [6.07, 6.45) is 5.80. The largest absolute Gasteiger partial charge is 0.389 e. The lowest BCUT2D eigenvalue weighted by Crippen LogP contribution is -2.32. The minimum absolute atomic E-state index is 0.608. The van der Waals surface area contributed by atoms with Gasteiger partial charge in [0, 0.05) is 13.0 Å². The quantitative estimate of drug-likeness (QED) is 0.773. The Balaban J connectivity index is 2.73. The Labute approximate surface area is 97.7 Å². The molecule has 0 radical (unpaired) electrons. The number of aliphatic hydroxyl groups is 1. The Kier molecular flexibility index (Phi) is 4.93. The molecule has 0 aromatic carbocycles. The summed E-state index contributed by atoms with van der Waals surface area (Å²) in [6.45, 7) is 7.11. The monoisotopic (exact) mass is 225 g/mol. The Morgan fingerprint density at radius 2 is 2.06 bits per heavy atom. The fraction of sp³-hybridized carbons (Fsp3) is 0.833. The number of aryl methyl sites for hydroxylation is 1. The Hall–Kier alpha value is -0.900. The van der Waals surface area contributed by atoms with Crippen molar-refractivity contribution in [2.24, 2.45) is 0 Å². The molecule has 1 atom stereocenters. The predicted octanol–water partition coefficient (Wildman–Crippen LogP) is 2.17. The zero-order valence-corrected chi connectivity index (χ0v) is 10.6. The highest BCUT2D eigenvalue weighted by atomic mass is 16.3. The second-order valence-electron chi connectivity index (χ2n) is 4.40. The van der Waals surface area contributed by atoms with Crippen LogP contribution in [-0.4, -0.2) is 25.5 Å². The van der Waals surface area contributed by atoms with Crippen LogP contribution in [0.25, 0.3) is 0 Å². The molecule has 4 heteroatoms. The first-order valence-electron chi connectivity index (χ1n) is 6.24. The second kappa shape index (κ2) is 5.99. The van der Waals surface area contributed by atoms with Crippen LogP contribution in [0.5, 0.6) is 0 Å². The third kappa shape index (κ3) is 3.30. The standard InChI is InChI=1S/C12H23N3O/c1-4-7-12(16,6-3)9-11-13-10-14-15(11)8-5-2/h10,16H,4-9H2,1-3H3. The average molecular weight is 225 g/mol. The average Bonchev–Trinajstić information content (AvgIpc) is 2.67. The van der Waals surface area contributed by atoms with Crippen LogP contribution >= 0.6 is 0 Å². The molecule has 4 nitrogen and oxygen atoms in total. The van der Waals surface area contributed by atoms with Crippen molar-refractivity contribution in [3.05, 3.63) is 12.2 Å². The second-order valence-corrected chi connectivity index (χ2v) is 4.40. The molecule has 0 aliphatic heterocycles. The van der Waals surface area contributed by atoms with Gasteiger partial charge in [0.2, 0.25) is 0 Å². The van der Waals surface area contributed by atoms with E-state index in [0.717, 1.165) is 38.1 Å². The highest BCUT2D eigenvalue weighted by Crippen LogP contribution is 2.21. The molecule has 0 bridgehead atoms. The van der Waals surface area contributed by atoms with E-state index in [4.69, 9.17) is 0 Å². The third-order valence-electron chi connectivity index (χ3n) is 2.99. The number of aromatic nitrogens is 3. The maximum absolute atomic E-state index is 10.4. The van der Waals surface area contributed by atoms with Crippen molar-refractivity contribution < 1.29 is 5.11 Å². The first-order valence-corrected chi connectivity index (χ1v) is 6.24. The van der Waals surface area contributed by atoms with Gasteiger partial charge >= 0.3 is 0 Å². The van der Waals surface area contributed by atoms with Gasteiger partial charge in [-0.05, 0) is 19.3 Å². The van der Waals surface area contributed by atoms with Crippen LogP contribution < -0.4 is 0 Å². The summed E-state index contributed by atoms with van der Waals surface area (Å²) in [7, 11) is 0. The molecule has 16 heavy (non-hydrogen) atoms. The molecule has 1 N–H and O–H groups in total. The molecule has 0 amide bonds. The summed E-state index contributed by atoms with van der Waals surface area (Å²) in [5, 5.41) is 14.6. The van der Waals surface area contributed by atoms with Gasteiger partial charge in [-0.3, -0.25) is 4.68 Å². The lowest BCUT2D eigenvalue weighted by molar-refractivity contribution is 0.0241. The van der Waals surface area contributed by atoms with E-state index in [2.05, 4.69) is 23.9 Å². The fourth-order valence-corrected chi connectivity index (χ4v) is 1.97. The van der Waals surface area contributed by atoms with Crippen molar-refractivity contribution in [2.75, 3.05) is 0 Å². The van der Waals surface area contributed by atoms with E-state index >= 15 is 0 Å². The molecule has 0 spiro atoms. The van der Waals surface area contributed by atoms with E-state index in [9.17, 15) is 5.11 Å². The minimum Gasteiger partial charge on any atom is -0.389 e. The van der Waals surface area contributed by atoms with Crippen LogP contribution in [0, 0.1) is 0 Å². The van der Waals surface area contributed by atoms with Gasteiger partial charge in [0.1, 0.15) is 12.2 Å². The summed E-state index contributed by atoms with van der Waals surface area (Å²) >= 11 is 0. The molecule has 0 aliphatic rings. The summed E-state index contributed by atoms with van der Waals surface area (Å²) in [4.78, 5) is 4.24. The van der Waals surface area contributed by atoms with E-state index in [1.165, 1.54) is 0 Å². The predicted molar refractivity (Wildman–Crippen MR) is 64.2 cm³/mol. The van der Waals surface area contributed by atoms with E-state index in [0.29, 0.717) is 6.42 Å². The summed E-state index contributed by atoms with van der Waals surface area (Å²) in [5.74, 6) is 0.902. The summed E-state index contributed by atoms with van der Waals surface area (Å²) in [6, 6.07) is 0. The van der Waals surface area contributed by atoms with Crippen molar-refractivity contribution in [2.45, 2.75) is 65.0 Å². The molecule has 1 aromatic heterocycles.